The summed E-state index contributed by atoms with van der Waals surface area (Å²) in [4.78, 5) is 25.3. The van der Waals surface area contributed by atoms with E-state index >= 15 is 4.39 Å². The van der Waals surface area contributed by atoms with Crippen molar-refractivity contribution < 1.29 is 22.4 Å². The molecule has 2 aliphatic carbocycles. The molecule has 0 atom stereocenters. The van der Waals surface area contributed by atoms with Crippen LogP contribution >= 0.6 is 0 Å². The maximum absolute atomic E-state index is 15.8. The van der Waals surface area contributed by atoms with Gasteiger partial charge in [-0.05, 0) is 88.7 Å². The molecular weight excluding hydrogens is 522 g/mol. The number of aromatic nitrogens is 2. The normalized spacial score (nSPS) is 17.2. The van der Waals surface area contributed by atoms with Crippen molar-refractivity contribution in [3.05, 3.63) is 53.2 Å². The molecule has 0 radical (unpaired) electrons. The lowest BCUT2D eigenvalue weighted by atomic mass is 9.68. The third-order valence-electron chi connectivity index (χ3n) is 8.18. The Hall–Kier alpha value is -2.75. The van der Waals surface area contributed by atoms with E-state index in [1.807, 2.05) is 19.0 Å². The van der Waals surface area contributed by atoms with E-state index in [2.05, 4.69) is 20.2 Å². The Morgan fingerprint density at radius 3 is 2.40 bits per heavy atom. The topological polar surface area (TPSA) is 61.4 Å². The molecule has 0 aliphatic heterocycles. The SMILES string of the molecule is CN(C)CCCNC(=O)CC1(CCc2ncnc(N(Cc3ccc(C(F)(F)F)cc3)C3CC3)c2F)CCCCC1. The number of carbonyl (C=O) groups excluding carboxylic acids is 1. The molecule has 2 saturated carbocycles. The highest BCUT2D eigenvalue weighted by molar-refractivity contribution is 5.76. The number of rotatable bonds is 13. The molecule has 4 rings (SSSR count). The summed E-state index contributed by atoms with van der Waals surface area (Å²) >= 11 is 0. The molecule has 2 aromatic rings. The van der Waals surface area contributed by atoms with Gasteiger partial charge in [-0.1, -0.05) is 31.4 Å². The van der Waals surface area contributed by atoms with Crippen LogP contribution in [0.5, 0.6) is 0 Å². The van der Waals surface area contributed by atoms with Crippen molar-refractivity contribution in [3.8, 4) is 0 Å². The largest absolute Gasteiger partial charge is 0.416 e. The number of nitrogens with one attached hydrogen (secondary N) is 1. The Balaban J connectivity index is 1.43. The number of benzene rings is 1. The van der Waals surface area contributed by atoms with E-state index in [-0.39, 0.29) is 29.7 Å². The molecular formula is C30H41F4N5O. The minimum Gasteiger partial charge on any atom is -0.356 e. The van der Waals surface area contributed by atoms with Crippen LogP contribution in [0.3, 0.4) is 0 Å². The van der Waals surface area contributed by atoms with Gasteiger partial charge >= 0.3 is 6.18 Å². The summed E-state index contributed by atoms with van der Waals surface area (Å²) in [6.07, 6.45) is 6.33. The highest BCUT2D eigenvalue weighted by Crippen LogP contribution is 2.43. The second-order valence-electron chi connectivity index (χ2n) is 11.8. The van der Waals surface area contributed by atoms with E-state index in [0.29, 0.717) is 37.1 Å². The standard InChI is InChI=1S/C30H41F4N5O/c1-38(2)18-6-17-35-26(40)19-29(14-4-3-5-15-29)16-13-25-27(31)28(37-21-36-25)39(24-11-12-24)20-22-7-9-23(10-8-22)30(32,33)34/h7-10,21,24H,3-6,11-20H2,1-2H3,(H,35,40). The quantitative estimate of drug-likeness (QED) is 0.234. The van der Waals surface area contributed by atoms with E-state index < -0.39 is 17.6 Å². The van der Waals surface area contributed by atoms with Crippen LogP contribution < -0.4 is 10.2 Å². The van der Waals surface area contributed by atoms with Crippen LogP contribution in [-0.2, 0) is 23.9 Å². The fourth-order valence-electron chi connectivity index (χ4n) is 5.76. The van der Waals surface area contributed by atoms with Crippen molar-refractivity contribution in [2.45, 2.75) is 89.4 Å². The second-order valence-corrected chi connectivity index (χ2v) is 11.8. The fourth-order valence-corrected chi connectivity index (χ4v) is 5.76. The molecule has 0 spiro atoms. The first-order valence-electron chi connectivity index (χ1n) is 14.4. The first-order valence-corrected chi connectivity index (χ1v) is 14.4. The van der Waals surface area contributed by atoms with Gasteiger partial charge in [0.1, 0.15) is 6.33 Å². The molecule has 220 valence electrons. The Morgan fingerprint density at radius 1 is 1.07 bits per heavy atom. The zero-order valence-corrected chi connectivity index (χ0v) is 23.6. The van der Waals surface area contributed by atoms with Crippen LogP contribution in [0.25, 0.3) is 0 Å². The van der Waals surface area contributed by atoms with Gasteiger partial charge in [0.2, 0.25) is 5.91 Å². The molecule has 2 fully saturated rings. The Labute approximate surface area is 234 Å². The van der Waals surface area contributed by atoms with E-state index in [0.717, 1.165) is 70.0 Å². The molecule has 40 heavy (non-hydrogen) atoms. The summed E-state index contributed by atoms with van der Waals surface area (Å²) in [7, 11) is 4.02. The van der Waals surface area contributed by atoms with Gasteiger partial charge in [-0.25, -0.2) is 14.4 Å². The number of amides is 1. The van der Waals surface area contributed by atoms with Crippen LogP contribution in [-0.4, -0.2) is 54.0 Å². The number of aryl methyl sites for hydroxylation is 1. The average molecular weight is 564 g/mol. The Kier molecular flexibility index (Phi) is 10.0. The summed E-state index contributed by atoms with van der Waals surface area (Å²) in [5, 5.41) is 3.06. The lowest BCUT2D eigenvalue weighted by Gasteiger charge is -2.37. The zero-order valence-electron chi connectivity index (χ0n) is 23.6. The summed E-state index contributed by atoms with van der Waals surface area (Å²) in [6.45, 7) is 1.83. The van der Waals surface area contributed by atoms with Crippen LogP contribution in [0.1, 0.15) is 81.0 Å². The van der Waals surface area contributed by atoms with Crippen LogP contribution in [0.15, 0.2) is 30.6 Å². The smallest absolute Gasteiger partial charge is 0.356 e. The summed E-state index contributed by atoms with van der Waals surface area (Å²) in [5.74, 6) is -0.218. The molecule has 0 saturated heterocycles. The molecule has 6 nitrogen and oxygen atoms in total. The first kappa shape index (κ1) is 30.2. The van der Waals surface area contributed by atoms with Gasteiger partial charge < -0.3 is 15.1 Å². The minimum absolute atomic E-state index is 0.0564. The van der Waals surface area contributed by atoms with Gasteiger partial charge in [-0.2, -0.15) is 13.2 Å². The molecule has 1 heterocycles. The third-order valence-corrected chi connectivity index (χ3v) is 8.18. The van der Waals surface area contributed by atoms with Crippen molar-refractivity contribution >= 4 is 11.7 Å². The fraction of sp³-hybridized carbons (Fsp3) is 0.633. The van der Waals surface area contributed by atoms with E-state index in [4.69, 9.17) is 0 Å². The van der Waals surface area contributed by atoms with Crippen LogP contribution in [0.4, 0.5) is 23.4 Å². The predicted octanol–water partition coefficient (Wildman–Crippen LogP) is 6.14. The maximum atomic E-state index is 15.8. The lowest BCUT2D eigenvalue weighted by molar-refractivity contribution is -0.137. The Bertz CT molecular complexity index is 1110. The third kappa shape index (κ3) is 8.38. The highest BCUT2D eigenvalue weighted by atomic mass is 19.4. The average Bonchev–Trinajstić information content (AvgIpc) is 3.75. The van der Waals surface area contributed by atoms with E-state index in [9.17, 15) is 18.0 Å². The maximum Gasteiger partial charge on any atom is 0.416 e. The highest BCUT2D eigenvalue weighted by Gasteiger charge is 2.36. The van der Waals surface area contributed by atoms with Gasteiger partial charge in [0.15, 0.2) is 11.6 Å². The minimum atomic E-state index is -4.40. The van der Waals surface area contributed by atoms with Gasteiger partial charge in [0.05, 0.1) is 11.3 Å². The molecule has 1 aromatic heterocycles. The van der Waals surface area contributed by atoms with Crippen molar-refractivity contribution in [1.29, 1.82) is 0 Å². The molecule has 1 amide bonds. The monoisotopic (exact) mass is 563 g/mol. The van der Waals surface area contributed by atoms with Crippen molar-refractivity contribution in [2.75, 3.05) is 32.1 Å². The summed E-state index contributed by atoms with van der Waals surface area (Å²) in [6, 6.07) is 5.10. The van der Waals surface area contributed by atoms with Gasteiger partial charge in [-0.15, -0.1) is 0 Å². The van der Waals surface area contributed by atoms with Gasteiger partial charge in [0, 0.05) is 25.6 Å². The van der Waals surface area contributed by atoms with Gasteiger partial charge in [0.25, 0.3) is 0 Å². The number of alkyl halides is 3. The number of anilines is 1. The number of hydrogen-bond acceptors (Lipinski definition) is 5. The number of nitrogens with zero attached hydrogens (tertiary/aromatic N) is 4. The zero-order chi connectivity index (χ0) is 28.8. The predicted molar refractivity (Wildman–Crippen MR) is 147 cm³/mol. The molecule has 0 unspecified atom stereocenters. The molecule has 1 N–H and O–H groups in total. The Morgan fingerprint density at radius 2 is 1.77 bits per heavy atom. The van der Waals surface area contributed by atoms with E-state index in [1.165, 1.54) is 18.5 Å². The molecule has 1 aromatic carbocycles. The van der Waals surface area contributed by atoms with Crippen molar-refractivity contribution in [1.82, 2.24) is 20.2 Å². The van der Waals surface area contributed by atoms with Crippen LogP contribution in [0.2, 0.25) is 0 Å². The lowest BCUT2D eigenvalue weighted by Crippen LogP contribution is -2.35. The molecule has 10 heteroatoms. The second kappa shape index (κ2) is 13.3. The number of halogens is 4. The van der Waals surface area contributed by atoms with E-state index in [1.54, 1.807) is 0 Å². The van der Waals surface area contributed by atoms with Gasteiger partial charge in [-0.3, -0.25) is 4.79 Å². The van der Waals surface area contributed by atoms with Crippen molar-refractivity contribution in [2.24, 2.45) is 5.41 Å². The van der Waals surface area contributed by atoms with Crippen LogP contribution in [0, 0.1) is 11.2 Å². The van der Waals surface area contributed by atoms with Crippen molar-refractivity contribution in [3.63, 3.8) is 0 Å². The molecule has 0 bridgehead atoms. The summed E-state index contributed by atoms with van der Waals surface area (Å²) in [5.41, 5.74) is 0.123. The summed E-state index contributed by atoms with van der Waals surface area (Å²) < 4.78 is 54.8. The molecule has 2 aliphatic rings. The number of hydrogen-bond donors (Lipinski definition) is 1. The first-order chi connectivity index (χ1) is 19.1. The number of carbonyl (C=O) groups is 1.